The quantitative estimate of drug-likeness (QED) is 0.0920. The van der Waals surface area contributed by atoms with E-state index in [0.717, 1.165) is 6.61 Å². The van der Waals surface area contributed by atoms with E-state index >= 15 is 0 Å². The Morgan fingerprint density at radius 2 is 0.691 bits per heavy atom. The third-order valence-corrected chi connectivity index (χ3v) is 26.4. The number of rotatable bonds is 25. The van der Waals surface area contributed by atoms with Crippen LogP contribution in [0, 0.1) is 0 Å². The first-order valence-electron chi connectivity index (χ1n) is 20.0. The molecule has 8 nitrogen and oxygen atoms in total. The number of hydrogen-bond donors (Lipinski definition) is 0. The van der Waals surface area contributed by atoms with Gasteiger partial charge in [0.1, 0.15) is 16.1 Å². The van der Waals surface area contributed by atoms with Gasteiger partial charge in [-0.15, -0.1) is 0 Å². The molecular weight excluding hydrogens is 789 g/mol. The topological polar surface area (TPSA) is 73.8 Å². The van der Waals surface area contributed by atoms with Crippen molar-refractivity contribution in [1.82, 2.24) is 0 Å². The van der Waals surface area contributed by atoms with Crippen LogP contribution in [-0.2, 0) is 35.4 Å². The Balaban J connectivity index is 0.000000553. The van der Waals surface area contributed by atoms with Gasteiger partial charge in [0, 0.05) is 53.4 Å². The molecule has 2 rings (SSSR count). The maximum Gasteiger partial charge on any atom is 0.528 e. The Morgan fingerprint density at radius 1 is 0.382 bits per heavy atom. The summed E-state index contributed by atoms with van der Waals surface area (Å²) >= 11 is 0. The largest absolute Gasteiger partial charge is 0.528 e. The normalized spacial score (nSPS) is 15.5. The average Bonchev–Trinajstić information content (AvgIpc) is 3.16. The van der Waals surface area contributed by atoms with Crippen molar-refractivity contribution in [2.45, 2.75) is 87.7 Å². The Morgan fingerprint density at radius 3 is 1.00 bits per heavy atom. The summed E-state index contributed by atoms with van der Waals surface area (Å²) in [5.41, 5.74) is 18.2. The maximum atomic E-state index is 6.01. The molecule has 0 fully saturated rings. The second-order valence-corrected chi connectivity index (χ2v) is 34.0. The zero-order valence-corrected chi connectivity index (χ0v) is 42.6. The Bertz CT molecular complexity index is 1420. The van der Waals surface area contributed by atoms with Gasteiger partial charge in [0.05, 0.1) is 0 Å². The molecule has 0 saturated carbocycles. The summed E-state index contributed by atoms with van der Waals surface area (Å²) in [5.74, 6) is 0. The molecule has 0 N–H and O–H groups in total. The first kappa shape index (κ1) is 51.4. The third-order valence-electron chi connectivity index (χ3n) is 8.94. The summed E-state index contributed by atoms with van der Waals surface area (Å²) in [6.45, 7) is 31.9. The van der Waals surface area contributed by atoms with Crippen molar-refractivity contribution in [2.75, 3.05) is 53.4 Å². The van der Waals surface area contributed by atoms with Crippen molar-refractivity contribution >= 4 is 60.8 Å². The molecule has 0 bridgehead atoms. The molecule has 0 aromatic heterocycles. The van der Waals surface area contributed by atoms with E-state index in [1.54, 1.807) is 7.11 Å². The Hall–Kier alpha value is -1.62. The average molecular weight is 864 g/mol. The molecule has 0 aliphatic heterocycles. The van der Waals surface area contributed by atoms with E-state index in [4.69, 9.17) is 35.4 Å². The molecule has 2 aromatic carbocycles. The first-order valence-corrected chi connectivity index (χ1v) is 34.9. The molecule has 0 amide bonds. The second kappa shape index (κ2) is 25.7. The summed E-state index contributed by atoms with van der Waals surface area (Å²) in [6.07, 6.45) is 0. The van der Waals surface area contributed by atoms with Crippen LogP contribution in [0.2, 0.25) is 39.3 Å². The van der Waals surface area contributed by atoms with Gasteiger partial charge in [-0.25, -0.2) is 0 Å². The molecule has 0 spiro atoms. The fourth-order valence-corrected chi connectivity index (χ4v) is 24.3. The summed E-state index contributed by atoms with van der Waals surface area (Å²) in [7, 11) is -11.8. The minimum atomic E-state index is -2.85. The highest BCUT2D eigenvalue weighted by Crippen LogP contribution is 2.19. The first-order chi connectivity index (χ1) is 26.0. The van der Waals surface area contributed by atoms with E-state index in [2.05, 4.69) is 141 Å². The predicted molar refractivity (Wildman–Crippen MR) is 247 cm³/mol. The molecule has 0 radical (unpaired) electrons. The van der Waals surface area contributed by atoms with Gasteiger partial charge in [0.25, 0.3) is 0 Å². The van der Waals surface area contributed by atoms with Crippen molar-refractivity contribution in [3.05, 3.63) is 106 Å². The molecule has 14 heteroatoms. The molecular formula is C41H74O8Si6. The minimum absolute atomic E-state index is 0.545. The number of hydrogen-bond acceptors (Lipinski definition) is 8. The molecule has 0 heterocycles. The van der Waals surface area contributed by atoms with E-state index < -0.39 is 50.4 Å². The molecule has 2 aromatic rings. The summed E-state index contributed by atoms with van der Waals surface area (Å²) in [5, 5.41) is 2.68. The lowest BCUT2D eigenvalue weighted by Crippen LogP contribution is -2.47. The van der Waals surface area contributed by atoms with Crippen molar-refractivity contribution in [3.63, 3.8) is 0 Å². The lowest BCUT2D eigenvalue weighted by molar-refractivity contribution is 0.100. The minimum Gasteiger partial charge on any atom is -0.414 e. The van der Waals surface area contributed by atoms with Crippen LogP contribution in [-0.4, -0.2) is 104 Å². The lowest BCUT2D eigenvalue weighted by Gasteiger charge is -2.28. The number of benzene rings is 2. The third kappa shape index (κ3) is 18.2. The standard InChI is InChI=1S/C21H38O5Si3.C20H36O3Si3/c1-8-23-28(7,24-9-2)19-17-27(6,21-15-13-12-14-16-21)18-20-29(22-5,25-10-3)26-11-4;1-8-21-24(4,5)16-17-25(6,20-14-12-11-13-15-20)18-19-26(7,22-9-2)23-10-3/h12-20H,8-11H2,1-7H3;11-19H,8-10H2,1-7H3. The van der Waals surface area contributed by atoms with Gasteiger partial charge in [0.2, 0.25) is 8.32 Å². The second-order valence-electron chi connectivity index (χ2n) is 14.1. The van der Waals surface area contributed by atoms with Crippen molar-refractivity contribution in [3.8, 4) is 0 Å². The van der Waals surface area contributed by atoms with Gasteiger partial charge in [-0.2, -0.15) is 0 Å². The van der Waals surface area contributed by atoms with E-state index in [0.29, 0.717) is 39.6 Å². The van der Waals surface area contributed by atoms with Crippen LogP contribution >= 0.6 is 0 Å². The van der Waals surface area contributed by atoms with Crippen molar-refractivity contribution < 1.29 is 35.4 Å². The van der Waals surface area contributed by atoms with Gasteiger partial charge in [0.15, 0.2) is 0 Å². The van der Waals surface area contributed by atoms with Gasteiger partial charge >= 0.3 is 25.9 Å². The Labute approximate surface area is 342 Å². The highest BCUT2D eigenvalue weighted by atomic mass is 28.4. The molecule has 0 aliphatic rings. The zero-order chi connectivity index (χ0) is 41.5. The van der Waals surface area contributed by atoms with Gasteiger partial charge in [-0.1, -0.05) is 113 Å². The van der Waals surface area contributed by atoms with E-state index in [9.17, 15) is 0 Å². The summed E-state index contributed by atoms with van der Waals surface area (Å²) in [4.78, 5) is 0. The fraction of sp³-hybridized carbons (Fsp3) is 0.512. The van der Waals surface area contributed by atoms with Crippen molar-refractivity contribution in [1.29, 1.82) is 0 Å². The molecule has 310 valence electrons. The molecule has 2 atom stereocenters. The molecule has 2 unspecified atom stereocenters. The van der Waals surface area contributed by atoms with Gasteiger partial charge in [-0.05, 0) is 91.8 Å². The molecule has 0 aliphatic carbocycles. The van der Waals surface area contributed by atoms with E-state index in [-0.39, 0.29) is 0 Å². The van der Waals surface area contributed by atoms with Crippen LogP contribution in [0.4, 0.5) is 0 Å². The predicted octanol–water partition coefficient (Wildman–Crippen LogP) is 8.67. The van der Waals surface area contributed by atoms with Crippen LogP contribution in [0.5, 0.6) is 0 Å². The summed E-state index contributed by atoms with van der Waals surface area (Å²) < 4.78 is 47.6. The van der Waals surface area contributed by atoms with Crippen LogP contribution in [0.25, 0.3) is 0 Å². The fourth-order valence-electron chi connectivity index (χ4n) is 5.96. The SMILES string of the molecule is CCO[Si](C)(C)C=C[Si](C)(C=C[Si](C)(OCC)OCC)c1ccccc1.CCO[Si](C)(C=C[Si](C)(C=C[Si](OC)(OCC)OCC)c1ccccc1)OCC. The summed E-state index contributed by atoms with van der Waals surface area (Å²) in [6, 6.07) is 21.3. The molecule has 0 saturated heterocycles. The highest BCUT2D eigenvalue weighted by Gasteiger charge is 2.39. The highest BCUT2D eigenvalue weighted by molar-refractivity contribution is 7.01. The van der Waals surface area contributed by atoms with Gasteiger partial charge in [-0.3, -0.25) is 0 Å². The Kier molecular flexibility index (Phi) is 24.0. The van der Waals surface area contributed by atoms with Crippen LogP contribution in [0.15, 0.2) is 106 Å². The lowest BCUT2D eigenvalue weighted by atomic mass is 10.4. The smallest absolute Gasteiger partial charge is 0.414 e. The zero-order valence-electron chi connectivity index (χ0n) is 36.6. The van der Waals surface area contributed by atoms with Crippen LogP contribution in [0.3, 0.4) is 0 Å². The monoisotopic (exact) mass is 862 g/mol. The van der Waals surface area contributed by atoms with Crippen LogP contribution in [0.1, 0.15) is 48.5 Å². The maximum absolute atomic E-state index is 6.01. The molecule has 55 heavy (non-hydrogen) atoms. The van der Waals surface area contributed by atoms with E-state index in [1.165, 1.54) is 10.4 Å². The van der Waals surface area contributed by atoms with E-state index in [1.807, 2.05) is 53.3 Å². The van der Waals surface area contributed by atoms with Gasteiger partial charge < -0.3 is 35.4 Å². The van der Waals surface area contributed by atoms with Crippen LogP contribution < -0.4 is 10.4 Å². The van der Waals surface area contributed by atoms with Crippen molar-refractivity contribution in [2.24, 2.45) is 0 Å².